The van der Waals surface area contributed by atoms with E-state index >= 15 is 0 Å². The van der Waals surface area contributed by atoms with Crippen LogP contribution in [0.1, 0.15) is 12.1 Å². The molecule has 86 valence electrons. The molecule has 0 aliphatic heterocycles. The van der Waals surface area contributed by atoms with E-state index in [0.717, 1.165) is 24.8 Å². The van der Waals surface area contributed by atoms with E-state index < -0.39 is 0 Å². The number of halogens is 1. The lowest BCUT2D eigenvalue weighted by atomic mass is 10.2. The van der Waals surface area contributed by atoms with Gasteiger partial charge in [-0.2, -0.15) is 0 Å². The summed E-state index contributed by atoms with van der Waals surface area (Å²) in [6.07, 6.45) is 2.05. The third-order valence-electron chi connectivity index (χ3n) is 2.97. The second-order valence-corrected chi connectivity index (χ2v) is 4.08. The maximum atomic E-state index is 13.6. The third-order valence-corrected chi connectivity index (χ3v) is 2.97. The molecule has 1 aromatic carbocycles. The second-order valence-electron chi connectivity index (χ2n) is 4.08. The molecule has 2 rings (SSSR count). The fourth-order valence-corrected chi connectivity index (χ4v) is 2.11. The van der Waals surface area contributed by atoms with Gasteiger partial charge in [-0.3, -0.25) is 0 Å². The lowest BCUT2D eigenvalue weighted by molar-refractivity contribution is 0.628. The van der Waals surface area contributed by atoms with Crippen LogP contribution in [-0.2, 0) is 13.5 Å². The van der Waals surface area contributed by atoms with Crippen LogP contribution in [0.2, 0.25) is 0 Å². The highest BCUT2D eigenvalue weighted by Gasteiger charge is 2.08. The van der Waals surface area contributed by atoms with Crippen molar-refractivity contribution >= 4 is 10.9 Å². The normalized spacial score (nSPS) is 11.2. The Morgan fingerprint density at radius 1 is 1.38 bits per heavy atom. The maximum absolute atomic E-state index is 13.6. The zero-order valence-electron chi connectivity index (χ0n) is 9.76. The monoisotopic (exact) mass is 220 g/mol. The van der Waals surface area contributed by atoms with Gasteiger partial charge >= 0.3 is 0 Å². The number of fused-ring (bicyclic) bond motifs is 1. The van der Waals surface area contributed by atoms with Crippen LogP contribution in [0.15, 0.2) is 24.3 Å². The van der Waals surface area contributed by atoms with Crippen molar-refractivity contribution in [2.24, 2.45) is 7.05 Å². The number of nitrogens with zero attached hydrogens (tertiary/aromatic N) is 1. The van der Waals surface area contributed by atoms with Crippen molar-refractivity contribution in [1.82, 2.24) is 9.88 Å². The summed E-state index contributed by atoms with van der Waals surface area (Å²) in [5.74, 6) is -0.139. The molecule has 0 bridgehead atoms. The average Bonchev–Trinajstić information content (AvgIpc) is 2.58. The minimum atomic E-state index is -0.139. The summed E-state index contributed by atoms with van der Waals surface area (Å²) < 4.78 is 15.6. The average molecular weight is 220 g/mol. The molecule has 0 atom stereocenters. The van der Waals surface area contributed by atoms with Gasteiger partial charge < -0.3 is 9.88 Å². The molecule has 0 spiro atoms. The van der Waals surface area contributed by atoms with Gasteiger partial charge in [-0.1, -0.05) is 12.1 Å². The second kappa shape index (κ2) is 4.66. The van der Waals surface area contributed by atoms with Crippen molar-refractivity contribution in [3.63, 3.8) is 0 Å². The van der Waals surface area contributed by atoms with Gasteiger partial charge in [0.15, 0.2) is 0 Å². The van der Waals surface area contributed by atoms with Crippen LogP contribution in [0.3, 0.4) is 0 Å². The zero-order chi connectivity index (χ0) is 11.5. The molecule has 0 amide bonds. The first-order chi connectivity index (χ1) is 7.74. The van der Waals surface area contributed by atoms with E-state index in [2.05, 4.69) is 11.4 Å². The Bertz CT molecular complexity index is 488. The van der Waals surface area contributed by atoms with Gasteiger partial charge in [-0.15, -0.1) is 0 Å². The van der Waals surface area contributed by atoms with Crippen molar-refractivity contribution in [2.45, 2.75) is 12.8 Å². The molecule has 0 radical (unpaired) electrons. The summed E-state index contributed by atoms with van der Waals surface area (Å²) in [6, 6.07) is 7.31. The Balaban J connectivity index is 2.33. The van der Waals surface area contributed by atoms with Crippen LogP contribution < -0.4 is 5.32 Å². The van der Waals surface area contributed by atoms with E-state index in [0.29, 0.717) is 5.52 Å². The largest absolute Gasteiger partial charge is 0.345 e. The molecule has 0 fully saturated rings. The van der Waals surface area contributed by atoms with Gasteiger partial charge in [0.25, 0.3) is 0 Å². The van der Waals surface area contributed by atoms with Crippen LogP contribution in [0.5, 0.6) is 0 Å². The summed E-state index contributed by atoms with van der Waals surface area (Å²) >= 11 is 0. The first-order valence-electron chi connectivity index (χ1n) is 5.61. The Hall–Kier alpha value is -1.35. The SMILES string of the molecule is CNCCCc1cc2cccc(F)c2n1C. The van der Waals surface area contributed by atoms with E-state index in [9.17, 15) is 4.39 Å². The quantitative estimate of drug-likeness (QED) is 0.783. The number of aryl methyl sites for hydroxylation is 2. The van der Waals surface area contributed by atoms with Crippen LogP contribution in [0.25, 0.3) is 10.9 Å². The van der Waals surface area contributed by atoms with E-state index in [1.807, 2.05) is 24.7 Å². The van der Waals surface area contributed by atoms with Crippen LogP contribution in [0, 0.1) is 5.82 Å². The first kappa shape index (κ1) is 11.1. The molecule has 2 aromatic rings. The van der Waals surface area contributed by atoms with Crippen molar-refractivity contribution in [1.29, 1.82) is 0 Å². The van der Waals surface area contributed by atoms with E-state index in [4.69, 9.17) is 0 Å². The molecule has 1 heterocycles. The molecular weight excluding hydrogens is 203 g/mol. The number of rotatable bonds is 4. The molecule has 16 heavy (non-hydrogen) atoms. The number of aromatic nitrogens is 1. The minimum absolute atomic E-state index is 0.139. The molecule has 0 aliphatic carbocycles. The molecule has 0 aliphatic rings. The fourth-order valence-electron chi connectivity index (χ4n) is 2.11. The molecule has 0 unspecified atom stereocenters. The van der Waals surface area contributed by atoms with Crippen molar-refractivity contribution < 1.29 is 4.39 Å². The van der Waals surface area contributed by atoms with E-state index in [-0.39, 0.29) is 5.82 Å². The number of para-hydroxylation sites is 1. The molecule has 1 N–H and O–H groups in total. The highest BCUT2D eigenvalue weighted by Crippen LogP contribution is 2.22. The molecule has 3 heteroatoms. The Morgan fingerprint density at radius 2 is 2.19 bits per heavy atom. The number of hydrogen-bond acceptors (Lipinski definition) is 1. The topological polar surface area (TPSA) is 17.0 Å². The number of hydrogen-bond donors (Lipinski definition) is 1. The summed E-state index contributed by atoms with van der Waals surface area (Å²) in [7, 11) is 3.88. The highest BCUT2D eigenvalue weighted by molar-refractivity contribution is 5.81. The predicted molar refractivity (Wildman–Crippen MR) is 65.1 cm³/mol. The lowest BCUT2D eigenvalue weighted by Crippen LogP contribution is -2.09. The third kappa shape index (κ3) is 1.95. The number of benzene rings is 1. The van der Waals surface area contributed by atoms with Gasteiger partial charge in [0.2, 0.25) is 0 Å². The molecular formula is C13H17FN2. The first-order valence-corrected chi connectivity index (χ1v) is 5.61. The predicted octanol–water partition coefficient (Wildman–Crippen LogP) is 2.47. The fraction of sp³-hybridized carbons (Fsp3) is 0.385. The molecule has 0 saturated carbocycles. The lowest BCUT2D eigenvalue weighted by Gasteiger charge is -2.04. The van der Waals surface area contributed by atoms with Gasteiger partial charge in [0.1, 0.15) is 5.82 Å². The molecule has 1 aromatic heterocycles. The zero-order valence-corrected chi connectivity index (χ0v) is 9.76. The van der Waals surface area contributed by atoms with E-state index in [1.165, 1.54) is 11.8 Å². The molecule has 2 nitrogen and oxygen atoms in total. The maximum Gasteiger partial charge on any atom is 0.147 e. The van der Waals surface area contributed by atoms with Gasteiger partial charge in [-0.05, 0) is 38.6 Å². The van der Waals surface area contributed by atoms with Gasteiger partial charge in [0, 0.05) is 18.1 Å². The smallest absolute Gasteiger partial charge is 0.147 e. The van der Waals surface area contributed by atoms with Crippen molar-refractivity contribution in [3.8, 4) is 0 Å². The summed E-state index contributed by atoms with van der Waals surface area (Å²) in [5.41, 5.74) is 1.90. The van der Waals surface area contributed by atoms with Crippen LogP contribution in [0.4, 0.5) is 4.39 Å². The highest BCUT2D eigenvalue weighted by atomic mass is 19.1. The minimum Gasteiger partial charge on any atom is -0.345 e. The van der Waals surface area contributed by atoms with Crippen LogP contribution >= 0.6 is 0 Å². The summed E-state index contributed by atoms with van der Waals surface area (Å²) in [5, 5.41) is 4.11. The summed E-state index contributed by atoms with van der Waals surface area (Å²) in [6.45, 7) is 0.990. The van der Waals surface area contributed by atoms with Gasteiger partial charge in [-0.25, -0.2) is 4.39 Å². The molecule has 0 saturated heterocycles. The van der Waals surface area contributed by atoms with Crippen molar-refractivity contribution in [2.75, 3.05) is 13.6 Å². The summed E-state index contributed by atoms with van der Waals surface area (Å²) in [4.78, 5) is 0. The number of nitrogens with one attached hydrogen (secondary N) is 1. The Labute approximate surface area is 95.1 Å². The van der Waals surface area contributed by atoms with Crippen LogP contribution in [-0.4, -0.2) is 18.2 Å². The Kier molecular flexibility index (Phi) is 3.25. The van der Waals surface area contributed by atoms with E-state index in [1.54, 1.807) is 6.07 Å². The van der Waals surface area contributed by atoms with Crippen molar-refractivity contribution in [3.05, 3.63) is 35.8 Å². The Morgan fingerprint density at radius 3 is 2.88 bits per heavy atom. The van der Waals surface area contributed by atoms with Gasteiger partial charge in [0.05, 0.1) is 5.52 Å². The standard InChI is InChI=1S/C13H17FN2/c1-15-8-4-6-11-9-10-5-3-7-12(14)13(10)16(11)2/h3,5,7,9,15H,4,6,8H2,1-2H3.